The third kappa shape index (κ3) is 8.08. The Kier molecular flexibility index (Phi) is 9.97. The zero-order valence-electron chi connectivity index (χ0n) is 20.4. The molecule has 2 rings (SSSR count). The van der Waals surface area contributed by atoms with Gasteiger partial charge in [-0.05, 0) is 37.3 Å². The van der Waals surface area contributed by atoms with E-state index in [2.05, 4.69) is 20.9 Å². The van der Waals surface area contributed by atoms with Gasteiger partial charge in [0.1, 0.15) is 18.1 Å². The largest absolute Gasteiger partial charge is 0.481 e. The molecule has 36 heavy (non-hydrogen) atoms. The molecule has 1 aromatic carbocycles. The summed E-state index contributed by atoms with van der Waals surface area (Å²) in [6.07, 6.45) is 1.31. The second-order valence-corrected chi connectivity index (χ2v) is 9.09. The van der Waals surface area contributed by atoms with Crippen molar-refractivity contribution in [3.05, 3.63) is 36.0 Å². The molecule has 2 aromatic rings. The number of H-pyrrole nitrogens is 1. The van der Waals surface area contributed by atoms with Gasteiger partial charge >= 0.3 is 11.9 Å². The maximum absolute atomic E-state index is 12.6. The maximum Gasteiger partial charge on any atom is 0.326 e. The molecule has 0 spiro atoms. The molecule has 1 aromatic heterocycles. The summed E-state index contributed by atoms with van der Waals surface area (Å²) in [6, 6.07) is 2.64. The van der Waals surface area contributed by atoms with Crippen molar-refractivity contribution in [1.82, 2.24) is 20.9 Å². The molecule has 0 fully saturated rings. The van der Waals surface area contributed by atoms with E-state index in [1.54, 1.807) is 20.0 Å². The number of carbonyl (C=O) groups is 5. The zero-order valence-corrected chi connectivity index (χ0v) is 20.4. The van der Waals surface area contributed by atoms with Gasteiger partial charge in [-0.2, -0.15) is 0 Å². The van der Waals surface area contributed by atoms with Gasteiger partial charge in [-0.1, -0.05) is 32.0 Å². The zero-order chi connectivity index (χ0) is 27.0. The van der Waals surface area contributed by atoms with Crippen LogP contribution in [-0.4, -0.2) is 69.0 Å². The van der Waals surface area contributed by atoms with E-state index in [9.17, 15) is 29.1 Å². The second kappa shape index (κ2) is 12.7. The van der Waals surface area contributed by atoms with Gasteiger partial charge in [0.15, 0.2) is 0 Å². The van der Waals surface area contributed by atoms with Crippen molar-refractivity contribution >= 4 is 40.6 Å². The van der Waals surface area contributed by atoms with Crippen LogP contribution < -0.4 is 21.7 Å². The molecule has 8 N–H and O–H groups in total. The van der Waals surface area contributed by atoms with Gasteiger partial charge in [0.05, 0.1) is 12.5 Å². The molecule has 12 heteroatoms. The number of rotatable bonds is 13. The topological polar surface area (TPSA) is 204 Å². The van der Waals surface area contributed by atoms with Crippen molar-refractivity contribution < 1.29 is 34.2 Å². The molecule has 4 unspecified atom stereocenters. The van der Waals surface area contributed by atoms with E-state index in [-0.39, 0.29) is 18.8 Å². The van der Waals surface area contributed by atoms with Crippen LogP contribution in [0.1, 0.15) is 39.2 Å². The van der Waals surface area contributed by atoms with Gasteiger partial charge < -0.3 is 36.9 Å². The van der Waals surface area contributed by atoms with Crippen LogP contribution in [0.2, 0.25) is 0 Å². The van der Waals surface area contributed by atoms with Crippen molar-refractivity contribution in [2.24, 2.45) is 11.7 Å². The van der Waals surface area contributed by atoms with Crippen molar-refractivity contribution in [1.29, 1.82) is 0 Å². The average Bonchev–Trinajstić information content (AvgIpc) is 3.20. The Balaban J connectivity index is 1.99. The lowest BCUT2D eigenvalue weighted by molar-refractivity contribution is -0.144. The molecule has 0 aliphatic carbocycles. The van der Waals surface area contributed by atoms with Gasteiger partial charge in [-0.15, -0.1) is 0 Å². The lowest BCUT2D eigenvalue weighted by atomic mass is 10.0. The SMILES string of the molecule is CC(C)CC(NC(=O)C(CC(=O)O)NC(=O)C(C)NC(=O)C(N)Cc1c[nH]c2ccccc12)C(=O)O. The first-order valence-corrected chi connectivity index (χ1v) is 11.5. The molecule has 0 saturated heterocycles. The minimum Gasteiger partial charge on any atom is -0.481 e. The highest BCUT2D eigenvalue weighted by Crippen LogP contribution is 2.18. The standard InChI is InChI=1S/C24H33N5O7/c1-12(2)8-19(24(35)36)29-23(34)18(10-20(30)31)28-21(32)13(3)27-22(33)16(25)9-14-11-26-17-7-5-4-6-15(14)17/h4-7,11-13,16,18-19,26H,8-10,25H2,1-3H3,(H,27,33)(H,28,32)(H,29,34)(H,30,31)(H,35,36). The summed E-state index contributed by atoms with van der Waals surface area (Å²) in [6.45, 7) is 4.90. The predicted octanol–water partition coefficient (Wildman–Crippen LogP) is 0.117. The maximum atomic E-state index is 12.6. The Bertz CT molecular complexity index is 1110. The van der Waals surface area contributed by atoms with Crippen LogP contribution in [0.5, 0.6) is 0 Å². The van der Waals surface area contributed by atoms with E-state index in [1.165, 1.54) is 6.92 Å². The molecule has 12 nitrogen and oxygen atoms in total. The molecule has 196 valence electrons. The number of nitrogens with one attached hydrogen (secondary N) is 4. The van der Waals surface area contributed by atoms with E-state index < -0.39 is 60.2 Å². The first-order chi connectivity index (χ1) is 16.9. The van der Waals surface area contributed by atoms with Gasteiger partial charge in [-0.25, -0.2) is 4.79 Å². The lowest BCUT2D eigenvalue weighted by Crippen LogP contribution is -2.57. The molecule has 0 bridgehead atoms. The fourth-order valence-corrected chi connectivity index (χ4v) is 3.66. The van der Waals surface area contributed by atoms with Crippen LogP contribution in [0.15, 0.2) is 30.5 Å². The highest BCUT2D eigenvalue weighted by atomic mass is 16.4. The van der Waals surface area contributed by atoms with E-state index in [1.807, 2.05) is 24.3 Å². The summed E-state index contributed by atoms with van der Waals surface area (Å²) in [4.78, 5) is 63.6. The Hall–Kier alpha value is -3.93. The van der Waals surface area contributed by atoms with E-state index in [0.29, 0.717) is 0 Å². The number of aromatic nitrogens is 1. The molecular weight excluding hydrogens is 470 g/mol. The third-order valence-electron chi connectivity index (χ3n) is 5.54. The van der Waals surface area contributed by atoms with E-state index >= 15 is 0 Å². The number of aromatic amines is 1. The predicted molar refractivity (Wildman–Crippen MR) is 131 cm³/mol. The minimum atomic E-state index is -1.54. The van der Waals surface area contributed by atoms with Crippen LogP contribution in [-0.2, 0) is 30.4 Å². The van der Waals surface area contributed by atoms with E-state index in [4.69, 9.17) is 10.8 Å². The first-order valence-electron chi connectivity index (χ1n) is 11.5. The number of amides is 3. The Morgan fingerprint density at radius 2 is 1.56 bits per heavy atom. The number of hydrogen-bond acceptors (Lipinski definition) is 6. The normalized spacial score (nSPS) is 14.5. The number of carbonyl (C=O) groups excluding carboxylic acids is 3. The van der Waals surface area contributed by atoms with Crippen LogP contribution in [0, 0.1) is 5.92 Å². The van der Waals surface area contributed by atoms with Crippen molar-refractivity contribution in [2.45, 2.75) is 64.2 Å². The van der Waals surface area contributed by atoms with Crippen molar-refractivity contribution in [3.8, 4) is 0 Å². The van der Waals surface area contributed by atoms with Crippen LogP contribution >= 0.6 is 0 Å². The minimum absolute atomic E-state index is 0.0531. The van der Waals surface area contributed by atoms with Gasteiger partial charge in [0.25, 0.3) is 0 Å². The molecule has 1 heterocycles. The highest BCUT2D eigenvalue weighted by molar-refractivity contribution is 5.95. The van der Waals surface area contributed by atoms with Gasteiger partial charge in [-0.3, -0.25) is 19.2 Å². The van der Waals surface area contributed by atoms with Crippen LogP contribution in [0.4, 0.5) is 0 Å². The molecule has 0 aliphatic heterocycles. The molecule has 3 amide bonds. The molecule has 0 aliphatic rings. The Morgan fingerprint density at radius 1 is 0.917 bits per heavy atom. The van der Waals surface area contributed by atoms with Crippen LogP contribution in [0.25, 0.3) is 10.9 Å². The summed E-state index contributed by atoms with van der Waals surface area (Å²) >= 11 is 0. The fraction of sp³-hybridized carbons (Fsp3) is 0.458. The molecule has 0 saturated carbocycles. The first kappa shape index (κ1) is 28.3. The van der Waals surface area contributed by atoms with E-state index in [0.717, 1.165) is 16.5 Å². The molecule has 0 radical (unpaired) electrons. The quantitative estimate of drug-likeness (QED) is 0.199. The summed E-state index contributed by atoms with van der Waals surface area (Å²) in [5, 5.41) is 26.4. The number of hydrogen-bond donors (Lipinski definition) is 7. The Morgan fingerprint density at radius 3 is 2.17 bits per heavy atom. The summed E-state index contributed by atoms with van der Waals surface area (Å²) in [5.74, 6) is -5.08. The fourth-order valence-electron chi connectivity index (χ4n) is 3.66. The number of carboxylic acid groups (broad SMARTS) is 2. The number of fused-ring (bicyclic) bond motifs is 1. The summed E-state index contributed by atoms with van der Waals surface area (Å²) in [7, 11) is 0. The number of nitrogens with two attached hydrogens (primary N) is 1. The van der Waals surface area contributed by atoms with Crippen molar-refractivity contribution in [2.75, 3.05) is 0 Å². The average molecular weight is 504 g/mol. The number of para-hydroxylation sites is 1. The monoisotopic (exact) mass is 503 g/mol. The molecule has 4 atom stereocenters. The highest BCUT2D eigenvalue weighted by Gasteiger charge is 2.30. The lowest BCUT2D eigenvalue weighted by Gasteiger charge is -2.23. The summed E-state index contributed by atoms with van der Waals surface area (Å²) in [5.41, 5.74) is 7.76. The number of aliphatic carboxylic acids is 2. The number of carboxylic acids is 2. The Labute approximate surface area is 208 Å². The summed E-state index contributed by atoms with van der Waals surface area (Å²) < 4.78 is 0. The van der Waals surface area contributed by atoms with Crippen LogP contribution in [0.3, 0.4) is 0 Å². The third-order valence-corrected chi connectivity index (χ3v) is 5.54. The smallest absolute Gasteiger partial charge is 0.326 e. The van der Waals surface area contributed by atoms with Gasteiger partial charge in [0, 0.05) is 17.1 Å². The van der Waals surface area contributed by atoms with Gasteiger partial charge in [0.2, 0.25) is 17.7 Å². The van der Waals surface area contributed by atoms with Crippen molar-refractivity contribution in [3.63, 3.8) is 0 Å². The number of benzene rings is 1. The molecular formula is C24H33N5O7. The second-order valence-electron chi connectivity index (χ2n) is 9.09.